The van der Waals surface area contributed by atoms with Gasteiger partial charge in [0.25, 0.3) is 0 Å². The molecule has 1 aromatic carbocycles. The number of fused-ring (bicyclic) bond motifs is 1. The molecule has 98 valence electrons. The lowest BCUT2D eigenvalue weighted by Gasteiger charge is -1.96. The first-order chi connectivity index (χ1) is 9.74. The third kappa shape index (κ3) is 2.56. The predicted molar refractivity (Wildman–Crippen MR) is 81.0 cm³/mol. The molecule has 2 N–H and O–H groups in total. The van der Waals surface area contributed by atoms with Crippen LogP contribution in [0.4, 0.5) is 5.69 Å². The Labute approximate surface area is 120 Å². The van der Waals surface area contributed by atoms with Crippen LogP contribution in [0.2, 0.25) is 0 Å². The molecule has 0 amide bonds. The standard InChI is InChI=1S/C15H11N3OS/c1-16-11-3-2-10(17-9-11)4-7-15-18-13-6-5-12(19)8-14(13)20-15/h2-3,5-6,8-9,16,19H,1H3. The first kappa shape index (κ1) is 12.5. The summed E-state index contributed by atoms with van der Waals surface area (Å²) in [5.41, 5.74) is 2.49. The summed E-state index contributed by atoms with van der Waals surface area (Å²) in [6, 6.07) is 8.88. The average Bonchev–Trinajstić information content (AvgIpc) is 2.87. The van der Waals surface area contributed by atoms with E-state index in [9.17, 15) is 5.11 Å². The number of benzene rings is 1. The van der Waals surface area contributed by atoms with Crippen LogP contribution in [0.5, 0.6) is 5.75 Å². The molecule has 0 aliphatic carbocycles. The summed E-state index contributed by atoms with van der Waals surface area (Å²) in [5.74, 6) is 6.23. The SMILES string of the molecule is CNc1ccc(C#Cc2nc3ccc(O)cc3s2)nc1. The van der Waals surface area contributed by atoms with E-state index in [2.05, 4.69) is 27.1 Å². The van der Waals surface area contributed by atoms with Gasteiger partial charge in [0.05, 0.1) is 22.1 Å². The molecule has 0 aliphatic heterocycles. The van der Waals surface area contributed by atoms with Crippen molar-refractivity contribution in [1.82, 2.24) is 9.97 Å². The number of thiazole rings is 1. The Balaban J connectivity index is 1.90. The summed E-state index contributed by atoms with van der Waals surface area (Å²) in [4.78, 5) is 8.63. The second-order valence-corrected chi connectivity index (χ2v) is 5.13. The Hall–Kier alpha value is -2.58. The number of phenols is 1. The van der Waals surface area contributed by atoms with Crippen molar-refractivity contribution in [3.8, 4) is 17.6 Å². The minimum absolute atomic E-state index is 0.241. The van der Waals surface area contributed by atoms with Gasteiger partial charge in [0, 0.05) is 7.05 Å². The van der Waals surface area contributed by atoms with E-state index in [0.717, 1.165) is 15.9 Å². The fraction of sp³-hybridized carbons (Fsp3) is 0.0667. The topological polar surface area (TPSA) is 58.0 Å². The summed E-state index contributed by atoms with van der Waals surface area (Å²) >= 11 is 1.45. The fourth-order valence-electron chi connectivity index (χ4n) is 1.70. The monoisotopic (exact) mass is 281 g/mol. The van der Waals surface area contributed by atoms with Crippen molar-refractivity contribution in [3.63, 3.8) is 0 Å². The number of hydrogen-bond acceptors (Lipinski definition) is 5. The maximum atomic E-state index is 9.42. The Morgan fingerprint density at radius 2 is 2.10 bits per heavy atom. The van der Waals surface area contributed by atoms with E-state index in [4.69, 9.17) is 0 Å². The van der Waals surface area contributed by atoms with Gasteiger partial charge in [-0.1, -0.05) is 0 Å². The van der Waals surface area contributed by atoms with Crippen LogP contribution >= 0.6 is 11.3 Å². The predicted octanol–water partition coefficient (Wildman–Crippen LogP) is 2.84. The molecule has 0 unspecified atom stereocenters. The molecule has 2 heterocycles. The summed E-state index contributed by atoms with van der Waals surface area (Å²) in [5, 5.41) is 13.1. The molecule has 0 bridgehead atoms. The lowest BCUT2D eigenvalue weighted by atomic mass is 10.3. The third-order valence-corrected chi connectivity index (χ3v) is 3.66. The molecule has 4 nitrogen and oxygen atoms in total. The van der Waals surface area contributed by atoms with Gasteiger partial charge in [0.1, 0.15) is 11.4 Å². The van der Waals surface area contributed by atoms with E-state index in [-0.39, 0.29) is 5.75 Å². The van der Waals surface area contributed by atoms with Crippen LogP contribution in [-0.2, 0) is 0 Å². The summed E-state index contributed by atoms with van der Waals surface area (Å²) < 4.78 is 0.924. The number of hydrogen-bond donors (Lipinski definition) is 2. The van der Waals surface area contributed by atoms with Gasteiger partial charge in [-0.3, -0.25) is 0 Å². The summed E-state index contributed by atoms with van der Waals surface area (Å²) in [6.45, 7) is 0. The zero-order chi connectivity index (χ0) is 13.9. The zero-order valence-corrected chi connectivity index (χ0v) is 11.5. The molecule has 3 aromatic rings. The highest BCUT2D eigenvalue weighted by Crippen LogP contribution is 2.25. The number of pyridine rings is 1. The Bertz CT molecular complexity index is 812. The van der Waals surface area contributed by atoms with Crippen LogP contribution < -0.4 is 5.32 Å². The van der Waals surface area contributed by atoms with E-state index in [0.29, 0.717) is 10.7 Å². The number of nitrogens with zero attached hydrogens (tertiary/aromatic N) is 2. The quantitative estimate of drug-likeness (QED) is 0.673. The maximum absolute atomic E-state index is 9.42. The van der Waals surface area contributed by atoms with Crippen LogP contribution in [-0.4, -0.2) is 22.1 Å². The van der Waals surface area contributed by atoms with E-state index < -0.39 is 0 Å². The largest absolute Gasteiger partial charge is 0.508 e. The molecule has 5 heteroatoms. The highest BCUT2D eigenvalue weighted by molar-refractivity contribution is 7.19. The minimum atomic E-state index is 0.241. The van der Waals surface area contributed by atoms with Gasteiger partial charge in [0.2, 0.25) is 0 Å². The second-order valence-electron chi connectivity index (χ2n) is 4.10. The Morgan fingerprint density at radius 3 is 2.85 bits per heavy atom. The lowest BCUT2D eigenvalue weighted by Crippen LogP contribution is -1.89. The fourth-order valence-corrected chi connectivity index (χ4v) is 2.55. The molecule has 2 aromatic heterocycles. The Morgan fingerprint density at radius 1 is 1.20 bits per heavy atom. The highest BCUT2D eigenvalue weighted by Gasteiger charge is 2.02. The number of aromatic nitrogens is 2. The number of phenolic OH excluding ortho intramolecular Hbond substituents is 1. The minimum Gasteiger partial charge on any atom is -0.508 e. The van der Waals surface area contributed by atoms with Crippen molar-refractivity contribution < 1.29 is 5.11 Å². The average molecular weight is 281 g/mol. The van der Waals surface area contributed by atoms with Gasteiger partial charge >= 0.3 is 0 Å². The lowest BCUT2D eigenvalue weighted by molar-refractivity contribution is 0.476. The molecular formula is C15H11N3OS. The van der Waals surface area contributed by atoms with Crippen molar-refractivity contribution >= 4 is 27.2 Å². The molecule has 0 aliphatic rings. The van der Waals surface area contributed by atoms with Gasteiger partial charge in [-0.25, -0.2) is 9.97 Å². The number of anilines is 1. The molecule has 20 heavy (non-hydrogen) atoms. The number of aromatic hydroxyl groups is 1. The van der Waals surface area contributed by atoms with E-state index in [1.807, 2.05) is 19.2 Å². The van der Waals surface area contributed by atoms with Gasteiger partial charge in [-0.2, -0.15) is 0 Å². The molecule has 0 radical (unpaired) electrons. The van der Waals surface area contributed by atoms with Crippen LogP contribution in [0.15, 0.2) is 36.5 Å². The number of nitrogens with one attached hydrogen (secondary N) is 1. The molecule has 0 fully saturated rings. The van der Waals surface area contributed by atoms with Gasteiger partial charge in [-0.15, -0.1) is 11.3 Å². The van der Waals surface area contributed by atoms with Crippen molar-refractivity contribution in [2.75, 3.05) is 12.4 Å². The zero-order valence-electron chi connectivity index (χ0n) is 10.7. The number of rotatable bonds is 1. The van der Waals surface area contributed by atoms with Crippen LogP contribution in [0.25, 0.3) is 10.2 Å². The van der Waals surface area contributed by atoms with E-state index in [1.165, 1.54) is 11.3 Å². The normalized spacial score (nSPS) is 10.1. The summed E-state index contributed by atoms with van der Waals surface area (Å²) in [6.07, 6.45) is 1.74. The van der Waals surface area contributed by atoms with E-state index in [1.54, 1.807) is 24.4 Å². The molecule has 0 saturated heterocycles. The second kappa shape index (κ2) is 5.19. The van der Waals surface area contributed by atoms with Gasteiger partial charge in [-0.05, 0) is 42.2 Å². The van der Waals surface area contributed by atoms with E-state index >= 15 is 0 Å². The molecule has 0 spiro atoms. The first-order valence-electron chi connectivity index (χ1n) is 6.00. The molecule has 0 atom stereocenters. The highest BCUT2D eigenvalue weighted by atomic mass is 32.1. The Kier molecular flexibility index (Phi) is 3.23. The van der Waals surface area contributed by atoms with Crippen molar-refractivity contribution in [2.24, 2.45) is 0 Å². The van der Waals surface area contributed by atoms with Crippen molar-refractivity contribution in [2.45, 2.75) is 0 Å². The molecular weight excluding hydrogens is 270 g/mol. The van der Waals surface area contributed by atoms with Crippen molar-refractivity contribution in [3.05, 3.63) is 47.2 Å². The smallest absolute Gasteiger partial charge is 0.168 e. The van der Waals surface area contributed by atoms with Crippen LogP contribution in [0.3, 0.4) is 0 Å². The van der Waals surface area contributed by atoms with Gasteiger partial charge in [0.15, 0.2) is 5.01 Å². The van der Waals surface area contributed by atoms with Crippen LogP contribution in [0.1, 0.15) is 10.7 Å². The maximum Gasteiger partial charge on any atom is 0.168 e. The molecule has 3 rings (SSSR count). The molecule has 0 saturated carbocycles. The van der Waals surface area contributed by atoms with Crippen LogP contribution in [0, 0.1) is 11.8 Å². The third-order valence-electron chi connectivity index (χ3n) is 2.72. The van der Waals surface area contributed by atoms with Crippen molar-refractivity contribution in [1.29, 1.82) is 0 Å². The van der Waals surface area contributed by atoms with Gasteiger partial charge < -0.3 is 10.4 Å². The summed E-state index contributed by atoms with van der Waals surface area (Å²) in [7, 11) is 1.85. The first-order valence-corrected chi connectivity index (χ1v) is 6.81.